The molecule has 1 aliphatic heterocycles. The second-order valence-corrected chi connectivity index (χ2v) is 7.17. The van der Waals surface area contributed by atoms with Gasteiger partial charge in [-0.2, -0.15) is 0 Å². The van der Waals surface area contributed by atoms with Gasteiger partial charge < -0.3 is 25.0 Å². The minimum atomic E-state index is -0.332. The van der Waals surface area contributed by atoms with Gasteiger partial charge in [-0.1, -0.05) is 5.16 Å². The summed E-state index contributed by atoms with van der Waals surface area (Å²) in [6.45, 7) is 6.03. The lowest BCUT2D eigenvalue weighted by molar-refractivity contribution is 0.102. The zero-order valence-corrected chi connectivity index (χ0v) is 16.6. The van der Waals surface area contributed by atoms with Gasteiger partial charge in [-0.15, -0.1) is 0 Å². The quantitative estimate of drug-likeness (QED) is 0.690. The highest BCUT2D eigenvalue weighted by atomic mass is 16.5. The molecule has 0 spiro atoms. The lowest BCUT2D eigenvalue weighted by Gasteiger charge is -2.34. The molecule has 8 heteroatoms. The van der Waals surface area contributed by atoms with Crippen molar-refractivity contribution in [3.63, 3.8) is 0 Å². The van der Waals surface area contributed by atoms with Crippen LogP contribution in [0.4, 0.5) is 22.9 Å². The van der Waals surface area contributed by atoms with Gasteiger partial charge in [-0.25, -0.2) is 4.98 Å². The molecule has 0 aliphatic carbocycles. The van der Waals surface area contributed by atoms with E-state index < -0.39 is 0 Å². The van der Waals surface area contributed by atoms with E-state index in [9.17, 15) is 4.79 Å². The van der Waals surface area contributed by atoms with Crippen molar-refractivity contribution in [2.45, 2.75) is 6.92 Å². The molecule has 0 radical (unpaired) electrons. The first-order valence-corrected chi connectivity index (χ1v) is 9.58. The number of carbonyl (C=O) groups excluding carboxylic acids is 1. The van der Waals surface area contributed by atoms with Crippen LogP contribution in [-0.2, 0) is 0 Å². The summed E-state index contributed by atoms with van der Waals surface area (Å²) in [4.78, 5) is 21.2. The van der Waals surface area contributed by atoms with Crippen LogP contribution in [0.15, 0.2) is 53.2 Å². The number of benzene rings is 1. The minimum absolute atomic E-state index is 0.307. The molecule has 2 aromatic heterocycles. The van der Waals surface area contributed by atoms with E-state index in [1.807, 2.05) is 6.07 Å². The molecule has 1 aliphatic rings. The van der Waals surface area contributed by atoms with Crippen molar-refractivity contribution in [3.05, 3.63) is 60.1 Å². The molecule has 1 saturated heterocycles. The maximum absolute atomic E-state index is 12.2. The average Bonchev–Trinajstić information content (AvgIpc) is 3.14. The standard InChI is InChI=1S/C21H24N6O2/c1-15-13-20(25-29-15)24-21(28)19-8-5-17(14-22-19)23-16-3-6-18(7-4-16)27-11-9-26(2)10-12-27/h3-8,13-14,23H,9-12H2,1-2H3,(H,24,25,28). The van der Waals surface area contributed by atoms with E-state index in [1.165, 1.54) is 5.69 Å². The van der Waals surface area contributed by atoms with Gasteiger partial charge in [0.25, 0.3) is 5.91 Å². The first-order valence-electron chi connectivity index (χ1n) is 9.58. The zero-order valence-electron chi connectivity index (χ0n) is 16.6. The summed E-state index contributed by atoms with van der Waals surface area (Å²) in [5.74, 6) is 0.671. The first-order chi connectivity index (χ1) is 14.1. The first kappa shape index (κ1) is 18.9. The van der Waals surface area contributed by atoms with Crippen LogP contribution >= 0.6 is 0 Å². The van der Waals surface area contributed by atoms with Crippen LogP contribution < -0.4 is 15.5 Å². The van der Waals surface area contributed by atoms with E-state index in [-0.39, 0.29) is 5.91 Å². The Morgan fingerprint density at radius 2 is 1.76 bits per heavy atom. The molecular formula is C21H24N6O2. The van der Waals surface area contributed by atoms with Crippen molar-refractivity contribution < 1.29 is 9.32 Å². The average molecular weight is 392 g/mol. The summed E-state index contributed by atoms with van der Waals surface area (Å²) in [6, 6.07) is 13.5. The number of anilines is 4. The molecule has 0 bridgehead atoms. The predicted molar refractivity (Wildman–Crippen MR) is 113 cm³/mol. The van der Waals surface area contributed by atoms with Gasteiger partial charge in [-0.3, -0.25) is 4.79 Å². The predicted octanol–water partition coefficient (Wildman–Crippen LogP) is 3.13. The third-order valence-electron chi connectivity index (χ3n) is 4.89. The molecule has 3 aromatic rings. The molecule has 4 rings (SSSR count). The van der Waals surface area contributed by atoms with E-state index >= 15 is 0 Å². The number of nitrogens with one attached hydrogen (secondary N) is 2. The summed E-state index contributed by atoms with van der Waals surface area (Å²) in [5, 5.41) is 9.71. The summed E-state index contributed by atoms with van der Waals surface area (Å²) in [7, 11) is 2.16. The second-order valence-electron chi connectivity index (χ2n) is 7.17. The number of hydrogen-bond donors (Lipinski definition) is 2. The largest absolute Gasteiger partial charge is 0.369 e. The van der Waals surface area contributed by atoms with Gasteiger partial charge >= 0.3 is 0 Å². The number of rotatable bonds is 5. The molecule has 1 amide bonds. The third kappa shape index (κ3) is 4.72. The number of hydrogen-bond acceptors (Lipinski definition) is 7. The monoisotopic (exact) mass is 392 g/mol. The number of carbonyl (C=O) groups is 1. The van der Waals surface area contributed by atoms with Crippen LogP contribution in [0, 0.1) is 6.92 Å². The molecular weight excluding hydrogens is 368 g/mol. The van der Waals surface area contributed by atoms with Crippen molar-refractivity contribution in [3.8, 4) is 0 Å². The van der Waals surface area contributed by atoms with E-state index in [0.29, 0.717) is 17.3 Å². The van der Waals surface area contributed by atoms with Crippen molar-refractivity contribution >= 4 is 28.8 Å². The lowest BCUT2D eigenvalue weighted by Crippen LogP contribution is -2.44. The highest BCUT2D eigenvalue weighted by molar-refractivity contribution is 6.02. The molecule has 0 saturated carbocycles. The summed E-state index contributed by atoms with van der Waals surface area (Å²) in [6.07, 6.45) is 1.64. The topological polar surface area (TPSA) is 86.5 Å². The summed E-state index contributed by atoms with van der Waals surface area (Å²) < 4.78 is 4.94. The Labute approximate surface area is 169 Å². The van der Waals surface area contributed by atoms with Gasteiger partial charge in [-0.05, 0) is 50.4 Å². The zero-order chi connectivity index (χ0) is 20.2. The number of piperazine rings is 1. The van der Waals surface area contributed by atoms with Crippen molar-refractivity contribution in [1.82, 2.24) is 15.0 Å². The fraction of sp³-hybridized carbons (Fsp3) is 0.286. The summed E-state index contributed by atoms with van der Waals surface area (Å²) >= 11 is 0. The van der Waals surface area contributed by atoms with E-state index in [4.69, 9.17) is 4.52 Å². The molecule has 1 aromatic carbocycles. The molecule has 0 atom stereocenters. The summed E-state index contributed by atoms with van der Waals surface area (Å²) in [5.41, 5.74) is 3.32. The minimum Gasteiger partial charge on any atom is -0.369 e. The van der Waals surface area contributed by atoms with Crippen LogP contribution in [0.2, 0.25) is 0 Å². The Hall–Kier alpha value is -3.39. The Balaban J connectivity index is 1.35. The number of amides is 1. The van der Waals surface area contributed by atoms with Gasteiger partial charge in [0.15, 0.2) is 5.82 Å². The normalized spacial score (nSPS) is 14.6. The van der Waals surface area contributed by atoms with Gasteiger partial charge in [0.1, 0.15) is 11.5 Å². The van der Waals surface area contributed by atoms with Gasteiger partial charge in [0.2, 0.25) is 0 Å². The highest BCUT2D eigenvalue weighted by Gasteiger charge is 2.14. The maximum Gasteiger partial charge on any atom is 0.275 e. The van der Waals surface area contributed by atoms with Gasteiger partial charge in [0, 0.05) is 43.6 Å². The lowest BCUT2D eigenvalue weighted by atomic mass is 10.2. The Bertz CT molecular complexity index is 960. The molecule has 2 N–H and O–H groups in total. The molecule has 1 fully saturated rings. The number of likely N-dealkylation sites (N-methyl/N-ethyl adjacent to an activating group) is 1. The Morgan fingerprint density at radius 3 is 2.38 bits per heavy atom. The molecule has 3 heterocycles. The SMILES string of the molecule is Cc1cc(NC(=O)c2ccc(Nc3ccc(N4CCN(C)CC4)cc3)cn2)no1. The van der Waals surface area contributed by atoms with E-state index in [0.717, 1.165) is 37.6 Å². The molecule has 8 nitrogen and oxygen atoms in total. The smallest absolute Gasteiger partial charge is 0.275 e. The number of aromatic nitrogens is 2. The second kappa shape index (κ2) is 8.32. The van der Waals surface area contributed by atoms with Crippen molar-refractivity contribution in [2.24, 2.45) is 0 Å². The highest BCUT2D eigenvalue weighted by Crippen LogP contribution is 2.22. The van der Waals surface area contributed by atoms with Crippen LogP contribution in [0.25, 0.3) is 0 Å². The van der Waals surface area contributed by atoms with Crippen molar-refractivity contribution in [2.75, 3.05) is 48.8 Å². The molecule has 0 unspecified atom stereocenters. The Kier molecular flexibility index (Phi) is 5.44. The van der Waals surface area contributed by atoms with Crippen LogP contribution in [0.1, 0.15) is 16.2 Å². The number of pyridine rings is 1. The number of nitrogens with zero attached hydrogens (tertiary/aromatic N) is 4. The van der Waals surface area contributed by atoms with Crippen LogP contribution in [-0.4, -0.2) is 54.2 Å². The molecule has 29 heavy (non-hydrogen) atoms. The maximum atomic E-state index is 12.2. The van der Waals surface area contributed by atoms with E-state index in [1.54, 1.807) is 25.3 Å². The van der Waals surface area contributed by atoms with Crippen molar-refractivity contribution in [1.29, 1.82) is 0 Å². The van der Waals surface area contributed by atoms with Crippen LogP contribution in [0.5, 0.6) is 0 Å². The molecule has 150 valence electrons. The van der Waals surface area contributed by atoms with E-state index in [2.05, 4.69) is 61.9 Å². The fourth-order valence-corrected chi connectivity index (χ4v) is 3.19. The third-order valence-corrected chi connectivity index (χ3v) is 4.89. The number of aryl methyl sites for hydroxylation is 1. The fourth-order valence-electron chi connectivity index (χ4n) is 3.19. The Morgan fingerprint density at radius 1 is 1.03 bits per heavy atom. The van der Waals surface area contributed by atoms with Crippen LogP contribution in [0.3, 0.4) is 0 Å². The van der Waals surface area contributed by atoms with Gasteiger partial charge in [0.05, 0.1) is 11.9 Å².